The molecule has 0 atom stereocenters. The van der Waals surface area contributed by atoms with Gasteiger partial charge in [0.05, 0.1) is 4.92 Å². The van der Waals surface area contributed by atoms with Crippen LogP contribution in [0, 0.1) is 10.1 Å². The van der Waals surface area contributed by atoms with E-state index in [1.54, 1.807) is 12.1 Å². The average Bonchev–Trinajstić information content (AvgIpc) is 2.32. The van der Waals surface area contributed by atoms with Gasteiger partial charge < -0.3 is 0 Å². The number of allylic oxidation sites excluding steroid dienone is 2. The van der Waals surface area contributed by atoms with Crippen molar-refractivity contribution in [3.63, 3.8) is 0 Å². The summed E-state index contributed by atoms with van der Waals surface area (Å²) in [5.74, 6) is 0. The highest BCUT2D eigenvalue weighted by molar-refractivity contribution is 5.42. The van der Waals surface area contributed by atoms with Gasteiger partial charge in [-0.05, 0) is 20.8 Å². The molecule has 0 aromatic heterocycles. The summed E-state index contributed by atoms with van der Waals surface area (Å²) in [4.78, 5) is 10.4. The Morgan fingerprint density at radius 1 is 1.18 bits per heavy atom. The van der Waals surface area contributed by atoms with Gasteiger partial charge in [0.2, 0.25) is 0 Å². The van der Waals surface area contributed by atoms with Crippen LogP contribution in [0.15, 0.2) is 35.4 Å². The fourth-order valence-electron chi connectivity index (χ4n) is 1.30. The lowest BCUT2D eigenvalue weighted by Gasteiger charge is -2.04. The average molecular weight is 235 g/mol. The Bertz CT molecular complexity index is 404. The fourth-order valence-corrected chi connectivity index (χ4v) is 1.30. The van der Waals surface area contributed by atoms with E-state index >= 15 is 0 Å². The van der Waals surface area contributed by atoms with Gasteiger partial charge in [0, 0.05) is 18.1 Å². The summed E-state index contributed by atoms with van der Waals surface area (Å²) in [6.07, 6.45) is 0.652. The summed E-state index contributed by atoms with van der Waals surface area (Å²) in [7, 11) is 0. The van der Waals surface area contributed by atoms with Crippen LogP contribution in [0.5, 0.6) is 0 Å². The summed E-state index contributed by atoms with van der Waals surface area (Å²) in [6, 6.07) is 6.89. The van der Waals surface area contributed by atoms with Crippen LogP contribution in [0.1, 0.15) is 40.2 Å². The normalized spacial score (nSPS) is 9.00. The lowest BCUT2D eigenvalue weighted by atomic mass is 10.0. The summed E-state index contributed by atoms with van der Waals surface area (Å²) in [5, 5.41) is 10.8. The van der Waals surface area contributed by atoms with Crippen molar-refractivity contribution in [1.82, 2.24) is 0 Å². The van der Waals surface area contributed by atoms with Crippen LogP contribution < -0.4 is 0 Å². The predicted octanol–water partition coefficient (Wildman–Crippen LogP) is 4.52. The molecule has 0 saturated carbocycles. The zero-order chi connectivity index (χ0) is 13.4. The lowest BCUT2D eigenvalue weighted by molar-refractivity contribution is -0.385. The van der Waals surface area contributed by atoms with Gasteiger partial charge in [-0.2, -0.15) is 0 Å². The topological polar surface area (TPSA) is 43.1 Å². The van der Waals surface area contributed by atoms with Crippen molar-refractivity contribution in [3.05, 3.63) is 51.1 Å². The lowest BCUT2D eigenvalue weighted by Crippen LogP contribution is -1.96. The van der Waals surface area contributed by atoms with E-state index in [-0.39, 0.29) is 10.6 Å². The highest BCUT2D eigenvalue weighted by Crippen LogP contribution is 2.21. The molecule has 0 aliphatic heterocycles. The van der Waals surface area contributed by atoms with Crippen molar-refractivity contribution < 1.29 is 4.92 Å². The molecule has 17 heavy (non-hydrogen) atoms. The third-order valence-corrected chi connectivity index (χ3v) is 2.50. The third kappa shape index (κ3) is 4.81. The Morgan fingerprint density at radius 3 is 2.18 bits per heavy atom. The first kappa shape index (κ1) is 15.4. The zero-order valence-corrected chi connectivity index (χ0v) is 11.3. The molecular formula is C14H21NO2. The van der Waals surface area contributed by atoms with E-state index in [9.17, 15) is 10.1 Å². The summed E-state index contributed by atoms with van der Waals surface area (Å²) >= 11 is 0. The van der Waals surface area contributed by atoms with E-state index in [1.807, 2.05) is 46.8 Å². The fraction of sp³-hybridized carbons (Fsp3) is 0.429. The van der Waals surface area contributed by atoms with E-state index in [0.29, 0.717) is 6.42 Å². The quantitative estimate of drug-likeness (QED) is 0.439. The second-order valence-corrected chi connectivity index (χ2v) is 3.84. The standard InChI is InChI=1S/C12H15NO2.C2H6/c1-9(2)10(3)8-11-6-4-5-7-12(11)13(14)15;1-2/h4-7H,8H2,1-3H3;1-2H3. The summed E-state index contributed by atoms with van der Waals surface area (Å²) in [6.45, 7) is 10.0. The maximum atomic E-state index is 10.8. The Morgan fingerprint density at radius 2 is 1.71 bits per heavy atom. The maximum absolute atomic E-state index is 10.8. The molecule has 1 rings (SSSR count). The molecule has 0 spiro atoms. The highest BCUT2D eigenvalue weighted by Gasteiger charge is 2.12. The monoisotopic (exact) mass is 235 g/mol. The molecular weight excluding hydrogens is 214 g/mol. The number of nitro benzene ring substituents is 1. The van der Waals surface area contributed by atoms with Crippen LogP contribution in [0.4, 0.5) is 5.69 Å². The molecule has 94 valence electrons. The van der Waals surface area contributed by atoms with Crippen LogP contribution in [-0.2, 0) is 6.42 Å². The van der Waals surface area contributed by atoms with Crippen molar-refractivity contribution in [2.24, 2.45) is 0 Å². The van der Waals surface area contributed by atoms with Gasteiger partial charge in [-0.15, -0.1) is 0 Å². The number of nitrogens with zero attached hydrogens (tertiary/aromatic N) is 1. The first-order chi connectivity index (χ1) is 8.02. The predicted molar refractivity (Wildman–Crippen MR) is 72.2 cm³/mol. The van der Waals surface area contributed by atoms with Crippen LogP contribution in [-0.4, -0.2) is 4.92 Å². The molecule has 0 aliphatic rings. The Balaban J connectivity index is 0.00000121. The minimum Gasteiger partial charge on any atom is -0.258 e. The molecule has 0 fully saturated rings. The Hall–Kier alpha value is -1.64. The second kappa shape index (κ2) is 7.60. The van der Waals surface area contributed by atoms with Crippen molar-refractivity contribution in [3.8, 4) is 0 Å². The van der Waals surface area contributed by atoms with Crippen LogP contribution in [0.3, 0.4) is 0 Å². The van der Waals surface area contributed by atoms with E-state index in [2.05, 4.69) is 0 Å². The van der Waals surface area contributed by atoms with Gasteiger partial charge in [0.1, 0.15) is 0 Å². The Kier molecular flexibility index (Phi) is 6.87. The molecule has 1 aromatic carbocycles. The second-order valence-electron chi connectivity index (χ2n) is 3.84. The van der Waals surface area contributed by atoms with Gasteiger partial charge in [0.25, 0.3) is 5.69 Å². The number of rotatable bonds is 3. The molecule has 0 N–H and O–H groups in total. The van der Waals surface area contributed by atoms with Gasteiger partial charge in [-0.1, -0.05) is 43.2 Å². The minimum atomic E-state index is -0.326. The number of para-hydroxylation sites is 1. The smallest absolute Gasteiger partial charge is 0.258 e. The number of nitro groups is 1. The Labute approximate surface area is 103 Å². The van der Waals surface area contributed by atoms with Crippen LogP contribution in [0.25, 0.3) is 0 Å². The number of benzene rings is 1. The maximum Gasteiger partial charge on any atom is 0.272 e. The van der Waals surface area contributed by atoms with Crippen LogP contribution >= 0.6 is 0 Å². The van der Waals surface area contributed by atoms with Gasteiger partial charge in [-0.25, -0.2) is 0 Å². The molecule has 3 heteroatoms. The number of hydrogen-bond donors (Lipinski definition) is 0. The molecule has 0 heterocycles. The molecule has 0 amide bonds. The molecule has 0 unspecified atom stereocenters. The van der Waals surface area contributed by atoms with Crippen molar-refractivity contribution in [2.45, 2.75) is 41.0 Å². The highest BCUT2D eigenvalue weighted by atomic mass is 16.6. The van der Waals surface area contributed by atoms with Crippen molar-refractivity contribution in [1.29, 1.82) is 0 Å². The first-order valence-electron chi connectivity index (χ1n) is 5.87. The molecule has 0 saturated heterocycles. The van der Waals surface area contributed by atoms with E-state index < -0.39 is 0 Å². The first-order valence-corrected chi connectivity index (χ1v) is 5.87. The van der Waals surface area contributed by atoms with Crippen molar-refractivity contribution in [2.75, 3.05) is 0 Å². The number of hydrogen-bond acceptors (Lipinski definition) is 2. The molecule has 0 aliphatic carbocycles. The molecule has 3 nitrogen and oxygen atoms in total. The van der Waals surface area contributed by atoms with E-state index in [0.717, 1.165) is 5.56 Å². The van der Waals surface area contributed by atoms with E-state index in [1.165, 1.54) is 11.1 Å². The largest absolute Gasteiger partial charge is 0.272 e. The SMILES string of the molecule is CC.CC(C)=C(C)Cc1ccccc1[N+](=O)[O-]. The van der Waals surface area contributed by atoms with E-state index in [4.69, 9.17) is 0 Å². The van der Waals surface area contributed by atoms with Gasteiger partial charge in [-0.3, -0.25) is 10.1 Å². The molecule has 0 bridgehead atoms. The minimum absolute atomic E-state index is 0.207. The van der Waals surface area contributed by atoms with Gasteiger partial charge >= 0.3 is 0 Å². The molecule has 1 aromatic rings. The zero-order valence-electron chi connectivity index (χ0n) is 11.3. The third-order valence-electron chi connectivity index (χ3n) is 2.50. The van der Waals surface area contributed by atoms with Crippen molar-refractivity contribution >= 4 is 5.69 Å². The van der Waals surface area contributed by atoms with Crippen LogP contribution in [0.2, 0.25) is 0 Å². The molecule has 0 radical (unpaired) electrons. The summed E-state index contributed by atoms with van der Waals surface area (Å²) < 4.78 is 0. The summed E-state index contributed by atoms with van der Waals surface area (Å²) in [5.41, 5.74) is 3.39. The van der Waals surface area contributed by atoms with Gasteiger partial charge in [0.15, 0.2) is 0 Å².